The van der Waals surface area contributed by atoms with E-state index in [1.807, 2.05) is 11.4 Å². The molecule has 1 aliphatic rings. The second kappa shape index (κ2) is 8.29. The number of nitrogens with zero attached hydrogens (tertiary/aromatic N) is 1. The van der Waals surface area contributed by atoms with Gasteiger partial charge in [0.1, 0.15) is 0 Å². The lowest BCUT2D eigenvalue weighted by atomic mass is 10.2. The molecule has 0 aliphatic carbocycles. The summed E-state index contributed by atoms with van der Waals surface area (Å²) >= 11 is 1.36. The van der Waals surface area contributed by atoms with Gasteiger partial charge in [-0.2, -0.15) is 0 Å². The zero-order valence-electron chi connectivity index (χ0n) is 15.9. The van der Waals surface area contributed by atoms with Crippen LogP contribution < -0.4 is 14.9 Å². The molecule has 154 valence electrons. The Morgan fingerprint density at radius 1 is 0.867 bits per heavy atom. The normalized spacial score (nSPS) is 15.0. The standard InChI is InChI=1S/C21H19N3O4S2/c25-20(15-4-10-18(11-5-15)24-12-2-14-30(24,27)28)22-16-6-8-17(9-7-16)23-21(26)19-3-1-13-29-19/h1,3-11,13H,2,12,14H2,(H,22,25)(H,23,26). The number of sulfonamides is 1. The predicted molar refractivity (Wildman–Crippen MR) is 119 cm³/mol. The summed E-state index contributed by atoms with van der Waals surface area (Å²) in [7, 11) is -3.25. The molecule has 30 heavy (non-hydrogen) atoms. The van der Waals surface area contributed by atoms with Crippen molar-refractivity contribution in [3.8, 4) is 0 Å². The number of benzene rings is 2. The van der Waals surface area contributed by atoms with Gasteiger partial charge in [0.15, 0.2) is 0 Å². The summed E-state index contributed by atoms with van der Waals surface area (Å²) in [5.41, 5.74) is 2.20. The van der Waals surface area contributed by atoms with Crippen molar-refractivity contribution in [3.05, 3.63) is 76.5 Å². The molecule has 0 atom stereocenters. The number of hydrogen-bond acceptors (Lipinski definition) is 5. The molecule has 0 saturated carbocycles. The van der Waals surface area contributed by atoms with Crippen molar-refractivity contribution in [2.45, 2.75) is 6.42 Å². The predicted octanol–water partition coefficient (Wildman–Crippen LogP) is 3.79. The maximum Gasteiger partial charge on any atom is 0.265 e. The SMILES string of the molecule is O=C(Nc1ccc(NC(=O)c2cccs2)cc1)c1ccc(N2CCCS2(=O)=O)cc1. The molecule has 1 aliphatic heterocycles. The molecule has 0 bridgehead atoms. The van der Waals surface area contributed by atoms with Gasteiger partial charge in [-0.15, -0.1) is 11.3 Å². The third-order valence-electron chi connectivity index (χ3n) is 4.66. The Hall–Kier alpha value is -3.17. The van der Waals surface area contributed by atoms with Crippen LogP contribution in [0.4, 0.5) is 17.1 Å². The van der Waals surface area contributed by atoms with Gasteiger partial charge >= 0.3 is 0 Å². The number of rotatable bonds is 5. The van der Waals surface area contributed by atoms with E-state index in [4.69, 9.17) is 0 Å². The fourth-order valence-electron chi connectivity index (χ4n) is 3.15. The number of thiophene rings is 1. The molecule has 2 aromatic carbocycles. The Morgan fingerprint density at radius 3 is 2.03 bits per heavy atom. The first-order chi connectivity index (χ1) is 14.4. The minimum absolute atomic E-state index is 0.152. The van der Waals surface area contributed by atoms with E-state index in [9.17, 15) is 18.0 Å². The first kappa shape index (κ1) is 20.1. The van der Waals surface area contributed by atoms with Crippen molar-refractivity contribution in [2.75, 3.05) is 27.2 Å². The maximum absolute atomic E-state index is 12.5. The lowest BCUT2D eigenvalue weighted by molar-refractivity contribution is 0.102. The average molecular weight is 442 g/mol. The fraction of sp³-hybridized carbons (Fsp3) is 0.143. The summed E-state index contributed by atoms with van der Waals surface area (Å²) < 4.78 is 25.4. The first-order valence-electron chi connectivity index (χ1n) is 9.29. The van der Waals surface area contributed by atoms with Crippen LogP contribution in [-0.2, 0) is 10.0 Å². The molecular weight excluding hydrogens is 422 g/mol. The maximum atomic E-state index is 12.5. The molecular formula is C21H19N3O4S2. The molecule has 0 radical (unpaired) electrons. The van der Waals surface area contributed by atoms with E-state index in [0.717, 1.165) is 0 Å². The third-order valence-corrected chi connectivity index (χ3v) is 7.40. The molecule has 3 aromatic rings. The van der Waals surface area contributed by atoms with Crippen LogP contribution >= 0.6 is 11.3 Å². The number of nitrogens with one attached hydrogen (secondary N) is 2. The van der Waals surface area contributed by atoms with Crippen molar-refractivity contribution in [2.24, 2.45) is 0 Å². The quantitative estimate of drug-likeness (QED) is 0.630. The minimum atomic E-state index is -3.25. The van der Waals surface area contributed by atoms with E-state index < -0.39 is 10.0 Å². The zero-order chi connectivity index (χ0) is 21.1. The summed E-state index contributed by atoms with van der Waals surface area (Å²) in [4.78, 5) is 25.2. The molecule has 2 heterocycles. The molecule has 0 unspecified atom stereocenters. The van der Waals surface area contributed by atoms with Gasteiger partial charge in [-0.05, 0) is 66.4 Å². The highest BCUT2D eigenvalue weighted by atomic mass is 32.2. The topological polar surface area (TPSA) is 95.6 Å². The van der Waals surface area contributed by atoms with E-state index in [2.05, 4.69) is 10.6 Å². The van der Waals surface area contributed by atoms with Crippen LogP contribution in [0.25, 0.3) is 0 Å². The van der Waals surface area contributed by atoms with Crippen molar-refractivity contribution in [1.29, 1.82) is 0 Å². The van der Waals surface area contributed by atoms with E-state index in [1.54, 1.807) is 54.6 Å². The third kappa shape index (κ3) is 4.37. The smallest absolute Gasteiger partial charge is 0.265 e. The molecule has 4 rings (SSSR count). The van der Waals surface area contributed by atoms with Crippen LogP contribution in [0.5, 0.6) is 0 Å². The summed E-state index contributed by atoms with van der Waals surface area (Å²) in [6, 6.07) is 16.9. The van der Waals surface area contributed by atoms with Crippen LogP contribution in [0, 0.1) is 0 Å². The van der Waals surface area contributed by atoms with Gasteiger partial charge in [-0.1, -0.05) is 6.07 Å². The summed E-state index contributed by atoms with van der Waals surface area (Å²) in [5.74, 6) is -0.331. The summed E-state index contributed by atoms with van der Waals surface area (Å²) in [6.45, 7) is 0.462. The molecule has 2 amide bonds. The molecule has 0 spiro atoms. The zero-order valence-corrected chi connectivity index (χ0v) is 17.5. The van der Waals surface area contributed by atoms with E-state index >= 15 is 0 Å². The number of anilines is 3. The van der Waals surface area contributed by atoms with Gasteiger partial charge in [0.05, 0.1) is 16.3 Å². The molecule has 1 saturated heterocycles. The molecule has 9 heteroatoms. The minimum Gasteiger partial charge on any atom is -0.322 e. The van der Waals surface area contributed by atoms with E-state index in [-0.39, 0.29) is 17.6 Å². The highest BCUT2D eigenvalue weighted by molar-refractivity contribution is 7.93. The second-order valence-corrected chi connectivity index (χ2v) is 9.71. The van der Waals surface area contributed by atoms with Crippen LogP contribution in [0.3, 0.4) is 0 Å². The lowest BCUT2D eigenvalue weighted by Gasteiger charge is -2.17. The second-order valence-electron chi connectivity index (χ2n) is 6.75. The van der Waals surface area contributed by atoms with Gasteiger partial charge < -0.3 is 10.6 Å². The van der Waals surface area contributed by atoms with Gasteiger partial charge in [0.2, 0.25) is 10.0 Å². The van der Waals surface area contributed by atoms with Crippen LogP contribution in [-0.4, -0.2) is 32.5 Å². The Bertz CT molecular complexity index is 1160. The molecule has 1 aromatic heterocycles. The van der Waals surface area contributed by atoms with E-state index in [0.29, 0.717) is 40.5 Å². The highest BCUT2D eigenvalue weighted by Crippen LogP contribution is 2.24. The summed E-state index contributed by atoms with van der Waals surface area (Å²) in [5, 5.41) is 7.43. The van der Waals surface area contributed by atoms with Gasteiger partial charge in [0.25, 0.3) is 11.8 Å². The molecule has 2 N–H and O–H groups in total. The Balaban J connectivity index is 1.38. The molecule has 7 nitrogen and oxygen atoms in total. The van der Waals surface area contributed by atoms with Gasteiger partial charge in [0, 0.05) is 23.5 Å². The highest BCUT2D eigenvalue weighted by Gasteiger charge is 2.28. The van der Waals surface area contributed by atoms with Crippen LogP contribution in [0.2, 0.25) is 0 Å². The van der Waals surface area contributed by atoms with Gasteiger partial charge in [-0.3, -0.25) is 13.9 Å². The number of hydrogen-bond donors (Lipinski definition) is 2. The van der Waals surface area contributed by atoms with Crippen molar-refractivity contribution < 1.29 is 18.0 Å². The Kier molecular flexibility index (Phi) is 5.56. The summed E-state index contributed by atoms with van der Waals surface area (Å²) in [6.07, 6.45) is 0.606. The number of carbonyl (C=O) groups is 2. The van der Waals surface area contributed by atoms with Crippen molar-refractivity contribution >= 4 is 50.2 Å². The van der Waals surface area contributed by atoms with Crippen LogP contribution in [0.1, 0.15) is 26.5 Å². The largest absolute Gasteiger partial charge is 0.322 e. The lowest BCUT2D eigenvalue weighted by Crippen LogP contribution is -2.25. The average Bonchev–Trinajstić information content (AvgIpc) is 3.39. The van der Waals surface area contributed by atoms with Crippen molar-refractivity contribution in [3.63, 3.8) is 0 Å². The van der Waals surface area contributed by atoms with E-state index in [1.165, 1.54) is 15.6 Å². The van der Waals surface area contributed by atoms with Crippen molar-refractivity contribution in [1.82, 2.24) is 0 Å². The first-order valence-corrected chi connectivity index (χ1v) is 11.8. The number of amides is 2. The molecule has 1 fully saturated rings. The monoisotopic (exact) mass is 441 g/mol. The van der Waals surface area contributed by atoms with Gasteiger partial charge in [-0.25, -0.2) is 8.42 Å². The number of carbonyl (C=O) groups excluding carboxylic acids is 2. The van der Waals surface area contributed by atoms with Crippen LogP contribution in [0.15, 0.2) is 66.0 Å². The Labute approximate surface area is 178 Å². The fourth-order valence-corrected chi connectivity index (χ4v) is 5.33. The Morgan fingerprint density at radius 2 is 1.50 bits per heavy atom.